The highest BCUT2D eigenvalue weighted by atomic mass is 16.5. The van der Waals surface area contributed by atoms with Crippen molar-refractivity contribution in [2.75, 3.05) is 13.2 Å². The van der Waals surface area contributed by atoms with Gasteiger partial charge in [-0.3, -0.25) is 0 Å². The fourth-order valence-electron chi connectivity index (χ4n) is 1.20. The van der Waals surface area contributed by atoms with E-state index in [9.17, 15) is 5.11 Å². The van der Waals surface area contributed by atoms with Gasteiger partial charge < -0.3 is 9.84 Å². The van der Waals surface area contributed by atoms with Crippen molar-refractivity contribution in [2.45, 2.75) is 20.0 Å². The Morgan fingerprint density at radius 2 is 2.11 bits per heavy atom. The number of hydrogen-bond donors (Lipinski definition) is 1. The second-order valence-corrected chi connectivity index (χ2v) is 3.01. The van der Waals surface area contributed by atoms with Crippen LogP contribution in [0.25, 0.3) is 0 Å². The Bertz CT molecular complexity index is 90.9. The van der Waals surface area contributed by atoms with Crippen molar-refractivity contribution in [3.8, 4) is 0 Å². The van der Waals surface area contributed by atoms with Crippen LogP contribution in [-0.4, -0.2) is 24.4 Å². The van der Waals surface area contributed by atoms with Crippen LogP contribution in [0.3, 0.4) is 0 Å². The molecule has 9 heavy (non-hydrogen) atoms. The minimum absolute atomic E-state index is 0.218. The Labute approximate surface area is 55.8 Å². The third-order valence-corrected chi connectivity index (χ3v) is 1.95. The van der Waals surface area contributed by atoms with Gasteiger partial charge in [0.25, 0.3) is 0 Å². The van der Waals surface area contributed by atoms with Gasteiger partial charge in [-0.15, -0.1) is 0 Å². The van der Waals surface area contributed by atoms with E-state index in [0.717, 1.165) is 6.61 Å². The van der Waals surface area contributed by atoms with Gasteiger partial charge in [-0.05, 0) is 5.92 Å². The van der Waals surface area contributed by atoms with Crippen molar-refractivity contribution in [1.29, 1.82) is 0 Å². The van der Waals surface area contributed by atoms with E-state index in [0.29, 0.717) is 18.4 Å². The Kier molecular flexibility index (Phi) is 2.09. The average Bonchev–Trinajstić information content (AvgIpc) is 2.13. The number of hydrogen-bond acceptors (Lipinski definition) is 2. The fraction of sp³-hybridized carbons (Fsp3) is 1.00. The Morgan fingerprint density at radius 1 is 1.44 bits per heavy atom. The molecular formula is C7H14O2. The van der Waals surface area contributed by atoms with Crippen LogP contribution in [0.4, 0.5) is 0 Å². The average molecular weight is 130 g/mol. The van der Waals surface area contributed by atoms with E-state index in [1.54, 1.807) is 0 Å². The molecule has 1 heterocycles. The van der Waals surface area contributed by atoms with E-state index in [1.165, 1.54) is 0 Å². The smallest absolute Gasteiger partial charge is 0.0826 e. The van der Waals surface area contributed by atoms with E-state index in [2.05, 4.69) is 13.8 Å². The molecule has 0 aromatic carbocycles. The molecule has 0 amide bonds. The van der Waals surface area contributed by atoms with Gasteiger partial charge in [0.05, 0.1) is 19.3 Å². The van der Waals surface area contributed by atoms with Gasteiger partial charge in [0, 0.05) is 5.92 Å². The zero-order valence-electron chi connectivity index (χ0n) is 6.00. The summed E-state index contributed by atoms with van der Waals surface area (Å²) >= 11 is 0. The summed E-state index contributed by atoms with van der Waals surface area (Å²) in [6.07, 6.45) is -0.218. The predicted octanol–water partition coefficient (Wildman–Crippen LogP) is 0.650. The predicted molar refractivity (Wildman–Crippen MR) is 35.2 cm³/mol. The molecule has 2 nitrogen and oxygen atoms in total. The maximum atomic E-state index is 9.23. The first-order chi connectivity index (χ1) is 4.22. The SMILES string of the molecule is CC(C)C1COCC1O. The van der Waals surface area contributed by atoms with Crippen molar-refractivity contribution in [3.63, 3.8) is 0 Å². The monoisotopic (exact) mass is 130 g/mol. The molecule has 1 fully saturated rings. The summed E-state index contributed by atoms with van der Waals surface area (Å²) in [7, 11) is 0. The second kappa shape index (κ2) is 2.67. The summed E-state index contributed by atoms with van der Waals surface area (Å²) in [6.45, 7) is 5.49. The van der Waals surface area contributed by atoms with E-state index < -0.39 is 0 Å². The molecule has 1 aliphatic heterocycles. The molecule has 0 radical (unpaired) electrons. The summed E-state index contributed by atoms with van der Waals surface area (Å²) in [5.74, 6) is 0.910. The Morgan fingerprint density at radius 3 is 2.33 bits per heavy atom. The molecule has 0 aromatic rings. The van der Waals surface area contributed by atoms with Crippen LogP contribution in [-0.2, 0) is 4.74 Å². The summed E-state index contributed by atoms with van der Waals surface area (Å²) < 4.78 is 5.08. The van der Waals surface area contributed by atoms with Gasteiger partial charge in [0.2, 0.25) is 0 Å². The van der Waals surface area contributed by atoms with Crippen LogP contribution in [0.2, 0.25) is 0 Å². The summed E-state index contributed by atoms with van der Waals surface area (Å²) in [4.78, 5) is 0. The van der Waals surface area contributed by atoms with Crippen LogP contribution in [0.1, 0.15) is 13.8 Å². The van der Waals surface area contributed by atoms with E-state index >= 15 is 0 Å². The lowest BCUT2D eigenvalue weighted by Gasteiger charge is -2.15. The topological polar surface area (TPSA) is 29.5 Å². The minimum atomic E-state index is -0.218. The molecule has 0 bridgehead atoms. The molecule has 2 atom stereocenters. The minimum Gasteiger partial charge on any atom is -0.390 e. The van der Waals surface area contributed by atoms with Crippen LogP contribution in [0.5, 0.6) is 0 Å². The summed E-state index contributed by atoms with van der Waals surface area (Å²) in [6, 6.07) is 0. The van der Waals surface area contributed by atoms with E-state index in [1.807, 2.05) is 0 Å². The zero-order chi connectivity index (χ0) is 6.85. The van der Waals surface area contributed by atoms with Crippen molar-refractivity contribution < 1.29 is 9.84 Å². The number of aliphatic hydroxyl groups is 1. The number of aliphatic hydroxyl groups excluding tert-OH is 1. The lowest BCUT2D eigenvalue weighted by atomic mass is 9.93. The van der Waals surface area contributed by atoms with Gasteiger partial charge in [-0.2, -0.15) is 0 Å². The van der Waals surface area contributed by atoms with Crippen molar-refractivity contribution >= 4 is 0 Å². The second-order valence-electron chi connectivity index (χ2n) is 3.01. The summed E-state index contributed by atoms with van der Waals surface area (Å²) in [5, 5.41) is 9.23. The highest BCUT2D eigenvalue weighted by molar-refractivity contribution is 4.75. The normalized spacial score (nSPS) is 36.0. The Hall–Kier alpha value is -0.0800. The summed E-state index contributed by atoms with van der Waals surface area (Å²) in [5.41, 5.74) is 0. The lowest BCUT2D eigenvalue weighted by molar-refractivity contribution is 0.109. The molecule has 0 saturated carbocycles. The standard InChI is InChI=1S/C7H14O2/c1-5(2)6-3-9-4-7(6)8/h5-8H,3-4H2,1-2H3. The fourth-order valence-corrected chi connectivity index (χ4v) is 1.20. The molecule has 2 unspecified atom stereocenters. The van der Waals surface area contributed by atoms with Crippen LogP contribution in [0, 0.1) is 11.8 Å². The maximum absolute atomic E-state index is 9.23. The Balaban J connectivity index is 2.40. The number of rotatable bonds is 1. The van der Waals surface area contributed by atoms with E-state index in [4.69, 9.17) is 4.74 Å². The van der Waals surface area contributed by atoms with Gasteiger partial charge in [0.15, 0.2) is 0 Å². The van der Waals surface area contributed by atoms with E-state index in [-0.39, 0.29) is 6.10 Å². The van der Waals surface area contributed by atoms with Gasteiger partial charge in [-0.25, -0.2) is 0 Å². The third-order valence-electron chi connectivity index (χ3n) is 1.95. The van der Waals surface area contributed by atoms with Gasteiger partial charge in [0.1, 0.15) is 0 Å². The van der Waals surface area contributed by atoms with Crippen molar-refractivity contribution in [1.82, 2.24) is 0 Å². The third kappa shape index (κ3) is 1.43. The first-order valence-corrected chi connectivity index (χ1v) is 3.47. The molecule has 1 saturated heterocycles. The van der Waals surface area contributed by atoms with Crippen molar-refractivity contribution in [3.05, 3.63) is 0 Å². The highest BCUT2D eigenvalue weighted by Crippen LogP contribution is 2.21. The van der Waals surface area contributed by atoms with Gasteiger partial charge in [-0.1, -0.05) is 13.8 Å². The first-order valence-electron chi connectivity index (χ1n) is 3.47. The molecule has 0 aromatic heterocycles. The molecular weight excluding hydrogens is 116 g/mol. The van der Waals surface area contributed by atoms with Crippen LogP contribution >= 0.6 is 0 Å². The maximum Gasteiger partial charge on any atom is 0.0826 e. The molecule has 1 N–H and O–H groups in total. The van der Waals surface area contributed by atoms with Crippen molar-refractivity contribution in [2.24, 2.45) is 11.8 Å². The molecule has 54 valence electrons. The largest absolute Gasteiger partial charge is 0.390 e. The molecule has 1 aliphatic rings. The molecule has 0 spiro atoms. The van der Waals surface area contributed by atoms with Crippen LogP contribution < -0.4 is 0 Å². The quantitative estimate of drug-likeness (QED) is 0.564. The lowest BCUT2D eigenvalue weighted by Crippen LogP contribution is -2.22. The number of ether oxygens (including phenoxy) is 1. The van der Waals surface area contributed by atoms with Crippen LogP contribution in [0.15, 0.2) is 0 Å². The highest BCUT2D eigenvalue weighted by Gasteiger charge is 2.28. The first kappa shape index (κ1) is 7.03. The molecule has 0 aliphatic carbocycles. The molecule has 2 heteroatoms. The zero-order valence-corrected chi connectivity index (χ0v) is 6.00. The van der Waals surface area contributed by atoms with Gasteiger partial charge >= 0.3 is 0 Å². The molecule has 1 rings (SSSR count).